The Bertz CT molecular complexity index is 390. The molecular weight excluding hydrogens is 242 g/mol. The van der Waals surface area contributed by atoms with Gasteiger partial charge in [-0.15, -0.1) is 0 Å². The third kappa shape index (κ3) is 6.35. The minimum absolute atomic E-state index is 0.149. The molecule has 1 rings (SSSR count). The number of H-pyrrole nitrogens is 1. The minimum atomic E-state index is -3.17. The molecule has 0 saturated carbocycles. The van der Waals surface area contributed by atoms with Gasteiger partial charge >= 0.3 is 0 Å². The normalized spacial score (nSPS) is 11.8. The van der Waals surface area contributed by atoms with Crippen molar-refractivity contribution in [3.63, 3.8) is 0 Å². The smallest absolute Gasteiger partial charge is 0.211 e. The van der Waals surface area contributed by atoms with Crippen LogP contribution in [-0.4, -0.2) is 49.0 Å². The molecule has 0 aliphatic carbocycles. The summed E-state index contributed by atoms with van der Waals surface area (Å²) < 4.78 is 25.6. The lowest BCUT2D eigenvalue weighted by atomic mass is 10.4. The fourth-order valence-electron chi connectivity index (χ4n) is 1.31. The molecule has 0 fully saturated rings. The van der Waals surface area contributed by atoms with Crippen LogP contribution in [0, 0.1) is 0 Å². The first-order valence-corrected chi connectivity index (χ1v) is 7.31. The number of hydrogen-bond donors (Lipinski definition) is 3. The summed E-state index contributed by atoms with van der Waals surface area (Å²) >= 11 is 0. The highest BCUT2D eigenvalue weighted by atomic mass is 32.2. The van der Waals surface area contributed by atoms with Crippen molar-refractivity contribution >= 4 is 10.0 Å². The van der Waals surface area contributed by atoms with Gasteiger partial charge in [0, 0.05) is 13.0 Å². The van der Waals surface area contributed by atoms with Crippen LogP contribution < -0.4 is 10.0 Å². The van der Waals surface area contributed by atoms with E-state index in [-0.39, 0.29) is 5.75 Å². The van der Waals surface area contributed by atoms with Crippen LogP contribution in [0.1, 0.15) is 19.2 Å². The molecule has 98 valence electrons. The van der Waals surface area contributed by atoms with Crippen LogP contribution in [0.15, 0.2) is 6.33 Å². The first-order chi connectivity index (χ1) is 8.14. The molecule has 7 nitrogen and oxygen atoms in total. The summed E-state index contributed by atoms with van der Waals surface area (Å²) in [5, 5.41) is 9.45. The molecule has 0 radical (unpaired) electrons. The van der Waals surface area contributed by atoms with Gasteiger partial charge in [-0.1, -0.05) is 6.92 Å². The Labute approximate surface area is 101 Å². The summed E-state index contributed by atoms with van der Waals surface area (Å²) in [6.07, 6.45) is 2.54. The number of nitrogens with zero attached hydrogens (tertiary/aromatic N) is 2. The van der Waals surface area contributed by atoms with Gasteiger partial charge in [0.15, 0.2) is 0 Å². The molecule has 1 aromatic heterocycles. The fraction of sp³-hybridized carbons (Fsp3) is 0.778. The van der Waals surface area contributed by atoms with E-state index >= 15 is 0 Å². The standard InChI is InChI=1S/C9H19N5O2S/c1-2-10-5-3-7-17(15,16)13-6-4-9-11-8-12-14-9/h8,10,13H,2-7H2,1H3,(H,11,12,14). The second kappa shape index (κ2) is 7.36. The third-order valence-electron chi connectivity index (χ3n) is 2.17. The molecule has 1 aromatic rings. The number of aromatic nitrogens is 3. The van der Waals surface area contributed by atoms with Crippen molar-refractivity contribution in [3.05, 3.63) is 12.2 Å². The number of aromatic amines is 1. The quantitative estimate of drug-likeness (QED) is 0.509. The van der Waals surface area contributed by atoms with Crippen LogP contribution in [-0.2, 0) is 16.4 Å². The Morgan fingerprint density at radius 3 is 2.88 bits per heavy atom. The third-order valence-corrected chi connectivity index (χ3v) is 3.64. The molecule has 0 atom stereocenters. The SMILES string of the molecule is CCNCCCS(=O)(=O)NCCc1ncn[nH]1. The van der Waals surface area contributed by atoms with Gasteiger partial charge < -0.3 is 5.32 Å². The van der Waals surface area contributed by atoms with Crippen LogP contribution in [0.4, 0.5) is 0 Å². The van der Waals surface area contributed by atoms with Gasteiger partial charge in [-0.05, 0) is 19.5 Å². The zero-order chi connectivity index (χ0) is 12.6. The lowest BCUT2D eigenvalue weighted by molar-refractivity contribution is 0.575. The van der Waals surface area contributed by atoms with Gasteiger partial charge in [-0.2, -0.15) is 5.10 Å². The summed E-state index contributed by atoms with van der Waals surface area (Å²) in [5.74, 6) is 0.830. The van der Waals surface area contributed by atoms with Crippen molar-refractivity contribution < 1.29 is 8.42 Å². The molecule has 3 N–H and O–H groups in total. The van der Waals surface area contributed by atoms with Crippen LogP contribution in [0.25, 0.3) is 0 Å². The molecule has 0 unspecified atom stereocenters. The Hall–Kier alpha value is -0.990. The lowest BCUT2D eigenvalue weighted by Gasteiger charge is -2.05. The highest BCUT2D eigenvalue weighted by Crippen LogP contribution is 1.91. The van der Waals surface area contributed by atoms with E-state index in [1.807, 2.05) is 6.92 Å². The van der Waals surface area contributed by atoms with Crippen LogP contribution in [0.3, 0.4) is 0 Å². The molecule has 0 aromatic carbocycles. The molecule has 0 saturated heterocycles. The molecule has 0 spiro atoms. The van der Waals surface area contributed by atoms with E-state index in [4.69, 9.17) is 0 Å². The van der Waals surface area contributed by atoms with Gasteiger partial charge in [-0.3, -0.25) is 5.10 Å². The zero-order valence-corrected chi connectivity index (χ0v) is 10.8. The molecule has 0 amide bonds. The van der Waals surface area contributed by atoms with E-state index in [0.29, 0.717) is 25.2 Å². The Morgan fingerprint density at radius 2 is 2.24 bits per heavy atom. The van der Waals surface area contributed by atoms with E-state index in [1.54, 1.807) is 0 Å². The summed E-state index contributed by atoms with van der Waals surface area (Å²) in [6.45, 7) is 3.92. The van der Waals surface area contributed by atoms with Crippen LogP contribution in [0.5, 0.6) is 0 Å². The average molecular weight is 261 g/mol. The van der Waals surface area contributed by atoms with Crippen LogP contribution in [0.2, 0.25) is 0 Å². The van der Waals surface area contributed by atoms with E-state index in [0.717, 1.165) is 13.1 Å². The summed E-state index contributed by atoms with van der Waals surface area (Å²) in [7, 11) is -3.17. The first kappa shape index (κ1) is 14.1. The van der Waals surface area contributed by atoms with E-state index < -0.39 is 10.0 Å². The minimum Gasteiger partial charge on any atom is -0.317 e. The van der Waals surface area contributed by atoms with Crippen molar-refractivity contribution in [2.75, 3.05) is 25.4 Å². The van der Waals surface area contributed by atoms with E-state index in [9.17, 15) is 8.42 Å². The molecular formula is C9H19N5O2S. The molecule has 1 heterocycles. The van der Waals surface area contributed by atoms with Crippen molar-refractivity contribution in [1.29, 1.82) is 0 Å². The molecule has 0 aliphatic heterocycles. The van der Waals surface area contributed by atoms with Crippen molar-refractivity contribution in [2.45, 2.75) is 19.8 Å². The largest absolute Gasteiger partial charge is 0.317 e. The number of nitrogens with one attached hydrogen (secondary N) is 3. The lowest BCUT2D eigenvalue weighted by Crippen LogP contribution is -2.30. The summed E-state index contributed by atoms with van der Waals surface area (Å²) in [4.78, 5) is 3.91. The monoisotopic (exact) mass is 261 g/mol. The second-order valence-electron chi connectivity index (χ2n) is 3.60. The van der Waals surface area contributed by atoms with Gasteiger partial charge in [0.05, 0.1) is 5.75 Å². The number of rotatable bonds is 9. The van der Waals surface area contributed by atoms with Gasteiger partial charge in [0.25, 0.3) is 0 Å². The van der Waals surface area contributed by atoms with Gasteiger partial charge in [-0.25, -0.2) is 18.1 Å². The predicted molar refractivity (Wildman–Crippen MR) is 65.0 cm³/mol. The van der Waals surface area contributed by atoms with Crippen molar-refractivity contribution in [1.82, 2.24) is 25.2 Å². The van der Waals surface area contributed by atoms with Crippen LogP contribution >= 0.6 is 0 Å². The summed E-state index contributed by atoms with van der Waals surface area (Å²) in [6, 6.07) is 0. The number of hydrogen-bond acceptors (Lipinski definition) is 5. The molecule has 0 aliphatic rings. The first-order valence-electron chi connectivity index (χ1n) is 5.66. The molecule has 17 heavy (non-hydrogen) atoms. The van der Waals surface area contributed by atoms with E-state index in [2.05, 4.69) is 25.2 Å². The van der Waals surface area contributed by atoms with Crippen molar-refractivity contribution in [2.24, 2.45) is 0 Å². The second-order valence-corrected chi connectivity index (χ2v) is 5.53. The maximum Gasteiger partial charge on any atom is 0.211 e. The van der Waals surface area contributed by atoms with Crippen molar-refractivity contribution in [3.8, 4) is 0 Å². The fourth-order valence-corrected chi connectivity index (χ4v) is 2.39. The van der Waals surface area contributed by atoms with Gasteiger partial charge in [0.2, 0.25) is 10.0 Å². The molecule has 8 heteroatoms. The topological polar surface area (TPSA) is 99.8 Å². The van der Waals surface area contributed by atoms with Gasteiger partial charge in [0.1, 0.15) is 12.2 Å². The zero-order valence-electron chi connectivity index (χ0n) is 9.94. The maximum absolute atomic E-state index is 11.5. The average Bonchev–Trinajstić information content (AvgIpc) is 2.77. The van der Waals surface area contributed by atoms with E-state index in [1.165, 1.54) is 6.33 Å². The Balaban J connectivity index is 2.16. The number of sulfonamides is 1. The highest BCUT2D eigenvalue weighted by Gasteiger charge is 2.09. The summed E-state index contributed by atoms with van der Waals surface area (Å²) in [5.41, 5.74) is 0. The Morgan fingerprint density at radius 1 is 1.41 bits per heavy atom. The predicted octanol–water partition coefficient (Wildman–Crippen LogP) is -0.734. The highest BCUT2D eigenvalue weighted by molar-refractivity contribution is 7.89. The maximum atomic E-state index is 11.5. The molecule has 0 bridgehead atoms. The Kier molecular flexibility index (Phi) is 6.09.